The van der Waals surface area contributed by atoms with Gasteiger partial charge in [-0.25, -0.2) is 4.79 Å². The van der Waals surface area contributed by atoms with Crippen LogP contribution in [-0.4, -0.2) is 97.5 Å². The monoisotopic (exact) mass is 432 g/mol. The van der Waals surface area contributed by atoms with Gasteiger partial charge in [0.25, 0.3) is 0 Å². The molecule has 2 fully saturated rings. The van der Waals surface area contributed by atoms with Gasteiger partial charge in [0, 0.05) is 26.2 Å². The molecule has 0 bridgehead atoms. The van der Waals surface area contributed by atoms with E-state index in [0.29, 0.717) is 12.8 Å². The van der Waals surface area contributed by atoms with Gasteiger partial charge in [-0.1, -0.05) is 0 Å². The van der Waals surface area contributed by atoms with Gasteiger partial charge in [0.2, 0.25) is 5.91 Å². The molecule has 0 aromatic rings. The predicted octanol–water partition coefficient (Wildman–Crippen LogP) is -2.85. The fraction of sp³-hybridized carbons (Fsp3) is 0.889. The van der Waals surface area contributed by atoms with Gasteiger partial charge in [-0.2, -0.15) is 0 Å². The largest absolute Gasteiger partial charge is 0.388 e. The normalized spacial score (nSPS) is 38.0. The summed E-state index contributed by atoms with van der Waals surface area (Å²) in [6.07, 6.45) is -1.82. The van der Waals surface area contributed by atoms with E-state index in [2.05, 4.69) is 5.32 Å². The van der Waals surface area contributed by atoms with E-state index in [1.165, 1.54) is 19.1 Å². The van der Waals surface area contributed by atoms with Crippen molar-refractivity contribution in [1.29, 1.82) is 0 Å². The van der Waals surface area contributed by atoms with E-state index in [1.54, 1.807) is 0 Å². The number of nitrogens with zero attached hydrogens (tertiary/aromatic N) is 1. The number of rotatable bonds is 7. The Morgan fingerprint density at radius 2 is 1.97 bits per heavy atom. The lowest BCUT2D eigenvalue weighted by Gasteiger charge is -2.48. The summed E-state index contributed by atoms with van der Waals surface area (Å²) in [5, 5.41) is 13.3. The Labute approximate surface area is 176 Å². The third-order valence-corrected chi connectivity index (χ3v) is 5.87. The van der Waals surface area contributed by atoms with E-state index in [9.17, 15) is 14.7 Å². The molecule has 1 heterocycles. The van der Waals surface area contributed by atoms with Gasteiger partial charge >= 0.3 is 6.03 Å². The van der Waals surface area contributed by atoms with Crippen molar-refractivity contribution in [3.63, 3.8) is 0 Å². The van der Waals surface area contributed by atoms with Crippen LogP contribution in [0, 0.1) is 0 Å². The zero-order valence-corrected chi connectivity index (χ0v) is 17.8. The molecule has 3 amide bonds. The van der Waals surface area contributed by atoms with Crippen LogP contribution in [0.2, 0.25) is 0 Å². The predicted molar refractivity (Wildman–Crippen MR) is 108 cm³/mol. The van der Waals surface area contributed by atoms with Crippen molar-refractivity contribution in [1.82, 2.24) is 10.2 Å². The van der Waals surface area contributed by atoms with E-state index in [-0.39, 0.29) is 18.7 Å². The summed E-state index contributed by atoms with van der Waals surface area (Å²) in [6, 6.07) is -2.73. The number of primary amides is 1. The second-order valence-corrected chi connectivity index (χ2v) is 8.12. The van der Waals surface area contributed by atoms with E-state index < -0.39 is 54.7 Å². The minimum atomic E-state index is -1.17. The van der Waals surface area contributed by atoms with E-state index >= 15 is 0 Å². The molecule has 1 aliphatic carbocycles. The quantitative estimate of drug-likeness (QED) is 0.245. The number of hydrogen-bond acceptors (Lipinski definition) is 9. The van der Waals surface area contributed by atoms with Gasteiger partial charge in [-0.3, -0.25) is 4.79 Å². The van der Waals surface area contributed by atoms with Crippen molar-refractivity contribution in [2.45, 2.75) is 81.1 Å². The molecule has 9 atom stereocenters. The Bertz CT molecular complexity index is 596. The lowest BCUT2D eigenvalue weighted by molar-refractivity contribution is -0.257. The summed E-state index contributed by atoms with van der Waals surface area (Å²) >= 11 is 0. The van der Waals surface area contributed by atoms with Gasteiger partial charge in [0.05, 0.1) is 30.8 Å². The number of likely N-dealkylation sites (N-methyl/N-ethyl adjacent to an activating group) is 1. The van der Waals surface area contributed by atoms with E-state index in [4.69, 9.17) is 37.1 Å². The molecule has 12 nitrogen and oxygen atoms in total. The number of methoxy groups -OCH3 is 1. The number of ether oxygens (including phenoxy) is 3. The number of aliphatic hydroxyl groups excluding tert-OH is 1. The number of carbonyl (C=O) groups is 2. The number of nitrogens with one attached hydrogen (secondary N) is 1. The highest BCUT2D eigenvalue weighted by Crippen LogP contribution is 2.30. The van der Waals surface area contributed by atoms with E-state index in [1.807, 2.05) is 6.92 Å². The van der Waals surface area contributed by atoms with Crippen molar-refractivity contribution < 1.29 is 28.9 Å². The van der Waals surface area contributed by atoms with Crippen LogP contribution >= 0.6 is 0 Å². The van der Waals surface area contributed by atoms with Crippen LogP contribution in [0.3, 0.4) is 0 Å². The molecule has 30 heavy (non-hydrogen) atoms. The summed E-state index contributed by atoms with van der Waals surface area (Å²) < 4.78 is 17.4. The average Bonchev–Trinajstić information content (AvgIpc) is 2.69. The highest BCUT2D eigenvalue weighted by atomic mass is 16.7. The second kappa shape index (κ2) is 10.7. The zero-order valence-electron chi connectivity index (χ0n) is 17.8. The van der Waals surface area contributed by atoms with Crippen molar-refractivity contribution >= 4 is 11.9 Å². The van der Waals surface area contributed by atoms with Crippen LogP contribution in [0.15, 0.2) is 0 Å². The number of aliphatic hydroxyl groups is 1. The number of urea groups is 1. The first-order valence-electron chi connectivity index (χ1n) is 10.1. The fourth-order valence-electron chi connectivity index (χ4n) is 4.07. The smallest absolute Gasteiger partial charge is 0.312 e. The average molecular weight is 433 g/mol. The van der Waals surface area contributed by atoms with E-state index in [0.717, 1.165) is 6.42 Å². The molecule has 1 saturated carbocycles. The highest BCUT2D eigenvalue weighted by molar-refractivity contribution is 5.83. The highest BCUT2D eigenvalue weighted by Gasteiger charge is 2.48. The number of amides is 3. The van der Waals surface area contributed by atoms with Crippen molar-refractivity contribution in [3.05, 3.63) is 0 Å². The minimum absolute atomic E-state index is 0.194. The third kappa shape index (κ3) is 5.78. The van der Waals surface area contributed by atoms with Crippen LogP contribution in [0.4, 0.5) is 4.79 Å². The molecule has 1 saturated heterocycles. The first-order valence-corrected chi connectivity index (χ1v) is 10.1. The molecule has 2 rings (SSSR count). The molecule has 12 heteroatoms. The topological polar surface area (TPSA) is 201 Å². The van der Waals surface area contributed by atoms with Gasteiger partial charge in [-0.15, -0.1) is 0 Å². The molecule has 174 valence electrons. The third-order valence-electron chi connectivity index (χ3n) is 5.87. The summed E-state index contributed by atoms with van der Waals surface area (Å²) in [4.78, 5) is 24.7. The molecule has 10 N–H and O–H groups in total. The van der Waals surface area contributed by atoms with Crippen molar-refractivity contribution in [2.24, 2.45) is 22.9 Å². The van der Waals surface area contributed by atoms with Crippen LogP contribution in [0.5, 0.6) is 0 Å². The first-order chi connectivity index (χ1) is 14.1. The van der Waals surface area contributed by atoms with Crippen LogP contribution in [0.1, 0.15) is 26.2 Å². The Morgan fingerprint density at radius 1 is 1.30 bits per heavy atom. The molecule has 2 aliphatic rings. The molecule has 1 aliphatic heterocycles. The maximum atomic E-state index is 12.5. The summed E-state index contributed by atoms with van der Waals surface area (Å²) in [5.41, 5.74) is 23.4. The van der Waals surface area contributed by atoms with Crippen LogP contribution in [0.25, 0.3) is 0 Å². The first kappa shape index (κ1) is 24.7. The fourth-order valence-corrected chi connectivity index (χ4v) is 4.07. The molecule has 0 unspecified atom stereocenters. The minimum Gasteiger partial charge on any atom is -0.388 e. The van der Waals surface area contributed by atoms with Crippen molar-refractivity contribution in [3.8, 4) is 0 Å². The second-order valence-electron chi connectivity index (χ2n) is 8.12. The summed E-state index contributed by atoms with van der Waals surface area (Å²) in [5.74, 6) is -0.447. The molecule has 0 radical (unpaired) electrons. The standard InChI is InChI=1S/C18H36N6O6/c1-8(19)11-5-4-9(20)17(29-11)30-16-10(21)6-12(28-3)14(15(16)26)24(2)13(25)7-23-18(22)27/h8-12,14-17,26H,4-7,19-21H2,1-3H3,(H3,22,23,27)/t8-,9-,10-,11+,12+,14-,15+,16+,17+/m0/s1. The number of nitrogens with two attached hydrogens (primary N) is 4. The Kier molecular flexibility index (Phi) is 8.79. The maximum Gasteiger partial charge on any atom is 0.312 e. The molecular weight excluding hydrogens is 396 g/mol. The number of hydrogen-bond donors (Lipinski definition) is 6. The SMILES string of the molecule is CO[C@@H]1C[C@H](N)[C@@H](O[C@H]2O[C@@H]([C@H](C)N)CC[C@@H]2N)[C@H](O)[C@H]1N(C)C(=O)CNC(N)=O. The summed E-state index contributed by atoms with van der Waals surface area (Å²) in [7, 11) is 2.99. The zero-order chi connectivity index (χ0) is 22.6. The van der Waals surface area contributed by atoms with Crippen molar-refractivity contribution in [2.75, 3.05) is 20.7 Å². The molecule has 0 aromatic heterocycles. The van der Waals surface area contributed by atoms with Crippen LogP contribution < -0.4 is 28.3 Å². The van der Waals surface area contributed by atoms with Gasteiger partial charge < -0.3 is 52.5 Å². The molecule has 0 spiro atoms. The Hall–Kier alpha value is -1.54. The van der Waals surface area contributed by atoms with Crippen LogP contribution in [-0.2, 0) is 19.0 Å². The summed E-state index contributed by atoms with van der Waals surface area (Å²) in [6.45, 7) is 1.54. The lowest BCUT2D eigenvalue weighted by Crippen LogP contribution is -2.67. The molecule has 0 aromatic carbocycles. The number of carbonyl (C=O) groups excluding carboxylic acids is 2. The molecular formula is C18H36N6O6. The van der Waals surface area contributed by atoms with Gasteiger partial charge in [0.15, 0.2) is 6.29 Å². The maximum absolute atomic E-state index is 12.5. The lowest BCUT2D eigenvalue weighted by atomic mass is 9.83. The Balaban J connectivity index is 2.14. The van der Waals surface area contributed by atoms with Gasteiger partial charge in [-0.05, 0) is 26.2 Å². The Morgan fingerprint density at radius 3 is 2.53 bits per heavy atom. The van der Waals surface area contributed by atoms with Gasteiger partial charge in [0.1, 0.15) is 12.2 Å².